The van der Waals surface area contributed by atoms with Gasteiger partial charge in [0.1, 0.15) is 22.8 Å². The molecule has 0 aliphatic heterocycles. The summed E-state index contributed by atoms with van der Waals surface area (Å²) in [6.45, 7) is -0.000585. The zero-order valence-corrected chi connectivity index (χ0v) is 24.2. The molecule has 0 spiro atoms. The first kappa shape index (κ1) is 29.6. The smallest absolute Gasteiger partial charge is 0.255 e. The van der Waals surface area contributed by atoms with E-state index in [1.165, 1.54) is 4.90 Å². The number of carbonyl (C=O) groups excluding carboxylic acids is 4. The second-order valence-corrected chi connectivity index (χ2v) is 12.3. The number of anilines is 1. The largest absolute Gasteiger partial charge is 0.508 e. The first-order valence-corrected chi connectivity index (χ1v) is 14.2. The normalized spacial score (nSPS) is 27.6. The second-order valence-electron chi connectivity index (χ2n) is 12.3. The van der Waals surface area contributed by atoms with Crippen LogP contribution in [0.5, 0.6) is 5.75 Å². The highest BCUT2D eigenvalue weighted by Gasteiger charge is 2.64. The first-order chi connectivity index (χ1) is 19.7. The monoisotopic (exact) mass is 582 g/mol. The number of fused-ring (bicyclic) bond motifs is 3. The number of aliphatic hydroxyl groups excluding tert-OH is 2. The van der Waals surface area contributed by atoms with E-state index < -0.39 is 58.0 Å². The molecule has 0 radical (unpaired) electrons. The van der Waals surface area contributed by atoms with E-state index in [-0.39, 0.29) is 48.1 Å². The van der Waals surface area contributed by atoms with Crippen molar-refractivity contribution in [1.82, 2.24) is 10.2 Å². The number of aliphatic hydroxyl groups is 3. The van der Waals surface area contributed by atoms with Gasteiger partial charge in [0.25, 0.3) is 5.91 Å². The lowest BCUT2D eigenvalue weighted by Gasteiger charge is -2.50. The summed E-state index contributed by atoms with van der Waals surface area (Å²) >= 11 is 0. The van der Waals surface area contributed by atoms with Gasteiger partial charge in [-0.25, -0.2) is 0 Å². The Kier molecular flexibility index (Phi) is 7.34. The number of amides is 2. The third kappa shape index (κ3) is 4.27. The number of benzene rings is 1. The van der Waals surface area contributed by atoms with Gasteiger partial charge < -0.3 is 36.4 Å². The van der Waals surface area contributed by atoms with E-state index in [4.69, 9.17) is 5.73 Å². The molecule has 2 saturated carbocycles. The number of nitrogens with two attached hydrogens (primary N) is 1. The number of nitrogens with zero attached hydrogens (tertiary/aromatic N) is 2. The van der Waals surface area contributed by atoms with E-state index in [0.717, 1.165) is 25.7 Å². The summed E-state index contributed by atoms with van der Waals surface area (Å²) in [4.78, 5) is 55.4. The van der Waals surface area contributed by atoms with Crippen LogP contribution in [0.15, 0.2) is 23.0 Å². The number of likely N-dealkylation sites (N-methyl/N-ethyl adjacent to an activating group) is 1. The highest BCUT2D eigenvalue weighted by molar-refractivity contribution is 6.24. The number of aromatic hydroxyl groups is 1. The molecule has 12 heteroatoms. The highest BCUT2D eigenvalue weighted by Crippen LogP contribution is 2.54. The molecular weight excluding hydrogens is 544 g/mol. The summed E-state index contributed by atoms with van der Waals surface area (Å²) in [6.07, 6.45) is 3.80. The maximum absolute atomic E-state index is 14.1. The zero-order chi connectivity index (χ0) is 30.8. The molecule has 1 aromatic rings. The van der Waals surface area contributed by atoms with Crippen molar-refractivity contribution in [2.75, 3.05) is 33.1 Å². The Hall–Kier alpha value is -3.90. The highest BCUT2D eigenvalue weighted by atomic mass is 16.3. The average molecular weight is 583 g/mol. The number of hydrogen-bond donors (Lipinski definition) is 6. The standard InChI is InChI=1S/C30H38N4O8/c1-33(2)18-11-15(12-32-29(41)13-7-5-6-8-13)23(35)20-16(18)9-14-10-17-22(34(3)4)25(37)21(28(31)40)27(39)30(17,42)26(38)19(14)24(20)36/h11,13-14,17,22,35-36,39,42H,5-10,12H2,1-4H3,(H2,31,40)(H,32,41)/t14-,17-,22+,30-/m0/s1. The summed E-state index contributed by atoms with van der Waals surface area (Å²) in [5.41, 5.74) is 3.18. The first-order valence-electron chi connectivity index (χ1n) is 14.2. The molecule has 12 nitrogen and oxygen atoms in total. The molecule has 0 unspecified atom stereocenters. The SMILES string of the molecule is CN(C)c1cc(CNC(=O)C2CCCC2)c(O)c2c1C[C@H]1C[C@H]3[C@@H](N(C)C)C(=O)C(C(N)=O)=C(O)[C@@]3(O)C(=O)C1=C2O. The molecule has 4 atom stereocenters. The number of primary amides is 1. The van der Waals surface area contributed by atoms with Crippen LogP contribution < -0.4 is 16.0 Å². The molecule has 5 rings (SSSR count). The Morgan fingerprint density at radius 3 is 2.31 bits per heavy atom. The van der Waals surface area contributed by atoms with Crippen molar-refractivity contribution in [2.24, 2.45) is 23.5 Å². The Labute approximate surface area is 243 Å². The summed E-state index contributed by atoms with van der Waals surface area (Å²) in [7, 11) is 6.71. The molecule has 4 aliphatic rings. The Morgan fingerprint density at radius 1 is 1.10 bits per heavy atom. The van der Waals surface area contributed by atoms with E-state index in [2.05, 4.69) is 5.32 Å². The van der Waals surface area contributed by atoms with Gasteiger partial charge in [-0.1, -0.05) is 12.8 Å². The molecular formula is C30H38N4O8. The van der Waals surface area contributed by atoms with Crippen LogP contribution in [0.1, 0.15) is 48.8 Å². The Balaban J connectivity index is 1.63. The minimum absolute atomic E-state index is 0.000585. The van der Waals surface area contributed by atoms with Crippen LogP contribution in [0.2, 0.25) is 0 Å². The molecule has 0 saturated heterocycles. The van der Waals surface area contributed by atoms with Crippen LogP contribution >= 0.6 is 0 Å². The van der Waals surface area contributed by atoms with E-state index in [9.17, 15) is 39.6 Å². The summed E-state index contributed by atoms with van der Waals surface area (Å²) in [6, 6.07) is 0.595. The number of phenolic OH excluding ortho intramolecular Hbond substituents is 1. The van der Waals surface area contributed by atoms with E-state index >= 15 is 0 Å². The number of nitrogens with one attached hydrogen (secondary N) is 1. The van der Waals surface area contributed by atoms with Crippen LogP contribution in [-0.4, -0.2) is 88.5 Å². The van der Waals surface area contributed by atoms with Gasteiger partial charge in [-0.2, -0.15) is 0 Å². The molecule has 0 heterocycles. The van der Waals surface area contributed by atoms with E-state index in [1.807, 2.05) is 0 Å². The van der Waals surface area contributed by atoms with E-state index in [0.29, 0.717) is 16.8 Å². The van der Waals surface area contributed by atoms with Crippen molar-refractivity contribution >= 4 is 34.8 Å². The minimum Gasteiger partial charge on any atom is -0.508 e. The topological polar surface area (TPSA) is 194 Å². The van der Waals surface area contributed by atoms with Gasteiger partial charge in [0.05, 0.1) is 11.6 Å². The van der Waals surface area contributed by atoms with Crippen LogP contribution in [-0.2, 0) is 32.1 Å². The van der Waals surface area contributed by atoms with Crippen LogP contribution in [0.3, 0.4) is 0 Å². The molecule has 4 aliphatic carbocycles. The third-order valence-electron chi connectivity index (χ3n) is 9.44. The number of phenols is 1. The Morgan fingerprint density at radius 2 is 1.74 bits per heavy atom. The van der Waals surface area contributed by atoms with E-state index in [1.54, 1.807) is 39.2 Å². The van der Waals surface area contributed by atoms with Gasteiger partial charge in [0.2, 0.25) is 11.7 Å². The van der Waals surface area contributed by atoms with Gasteiger partial charge in [-0.3, -0.25) is 24.1 Å². The molecule has 0 bridgehead atoms. The zero-order valence-electron chi connectivity index (χ0n) is 24.2. The Bertz CT molecular complexity index is 1460. The van der Waals surface area contributed by atoms with Crippen molar-refractivity contribution in [1.29, 1.82) is 0 Å². The van der Waals surface area contributed by atoms with Gasteiger partial charge in [-0.05, 0) is 57.3 Å². The van der Waals surface area contributed by atoms with Crippen molar-refractivity contribution in [3.05, 3.63) is 39.7 Å². The van der Waals surface area contributed by atoms with Gasteiger partial charge >= 0.3 is 0 Å². The molecule has 0 aromatic heterocycles. The third-order valence-corrected chi connectivity index (χ3v) is 9.44. The number of carbonyl (C=O) groups is 4. The van der Waals surface area contributed by atoms with Gasteiger partial charge in [-0.15, -0.1) is 0 Å². The lowest BCUT2D eigenvalue weighted by molar-refractivity contribution is -0.153. The molecule has 1 aromatic carbocycles. The maximum Gasteiger partial charge on any atom is 0.255 e. The fourth-order valence-electron chi connectivity index (χ4n) is 7.39. The molecule has 2 amide bonds. The lowest BCUT2D eigenvalue weighted by atomic mass is 9.57. The summed E-state index contributed by atoms with van der Waals surface area (Å²) in [5, 5.41) is 48.6. The summed E-state index contributed by atoms with van der Waals surface area (Å²) < 4.78 is 0. The van der Waals surface area contributed by atoms with Gasteiger partial charge in [0.15, 0.2) is 11.4 Å². The van der Waals surface area contributed by atoms with Crippen LogP contribution in [0.25, 0.3) is 5.76 Å². The maximum atomic E-state index is 14.1. The predicted molar refractivity (Wildman–Crippen MR) is 152 cm³/mol. The average Bonchev–Trinajstić information content (AvgIpc) is 3.45. The molecule has 2 fully saturated rings. The molecule has 7 N–H and O–H groups in total. The predicted octanol–water partition coefficient (Wildman–Crippen LogP) is 0.836. The fraction of sp³-hybridized carbons (Fsp3) is 0.533. The number of Topliss-reactive ketones (excluding diaryl/α,β-unsaturated/α-hetero) is 2. The van der Waals surface area contributed by atoms with Crippen LogP contribution in [0, 0.1) is 17.8 Å². The van der Waals surface area contributed by atoms with Crippen molar-refractivity contribution in [3.8, 4) is 5.75 Å². The number of rotatable bonds is 6. The van der Waals surface area contributed by atoms with Crippen molar-refractivity contribution in [3.63, 3.8) is 0 Å². The van der Waals surface area contributed by atoms with Crippen LogP contribution in [0.4, 0.5) is 5.69 Å². The fourth-order valence-corrected chi connectivity index (χ4v) is 7.39. The van der Waals surface area contributed by atoms with Crippen molar-refractivity contribution in [2.45, 2.75) is 56.7 Å². The lowest BCUT2D eigenvalue weighted by Crippen LogP contribution is -2.65. The number of ketones is 2. The quantitative estimate of drug-likeness (QED) is 0.262. The van der Waals surface area contributed by atoms with Gasteiger partial charge in [0, 0.05) is 49.3 Å². The van der Waals surface area contributed by atoms with Crippen molar-refractivity contribution < 1.29 is 39.6 Å². The molecule has 226 valence electrons. The minimum atomic E-state index is -2.70. The molecule has 42 heavy (non-hydrogen) atoms. The second kappa shape index (κ2) is 10.4. The summed E-state index contributed by atoms with van der Waals surface area (Å²) in [5.74, 6) is -7.13. The number of hydrogen-bond acceptors (Lipinski definition) is 10.